The first kappa shape index (κ1) is 40.3. The van der Waals surface area contributed by atoms with E-state index in [1.165, 1.54) is 16.8 Å². The highest BCUT2D eigenvalue weighted by molar-refractivity contribution is 5.36. The van der Waals surface area contributed by atoms with Gasteiger partial charge in [0.15, 0.2) is 0 Å². The Morgan fingerprint density at radius 2 is 1.29 bits per heavy atom. The lowest BCUT2D eigenvalue weighted by molar-refractivity contribution is 0.355. The molecule has 0 fully saturated rings. The molecule has 3 heterocycles. The van der Waals surface area contributed by atoms with Gasteiger partial charge in [0.25, 0.3) is 0 Å². The van der Waals surface area contributed by atoms with Crippen LogP contribution in [0, 0.1) is 5.41 Å². The second-order valence-electron chi connectivity index (χ2n) is 14.6. The lowest BCUT2D eigenvalue weighted by Crippen LogP contribution is -2.21. The van der Waals surface area contributed by atoms with Crippen LogP contribution in [0.15, 0.2) is 72.4 Å². The third kappa shape index (κ3) is 14.1. The van der Waals surface area contributed by atoms with Crippen LogP contribution in [0.5, 0.6) is 0 Å². The smallest absolute Gasteiger partial charge is 0.0677 e. The van der Waals surface area contributed by atoms with Gasteiger partial charge in [-0.2, -0.15) is 10.2 Å². The Bertz CT molecular complexity index is 1170. The van der Waals surface area contributed by atoms with E-state index < -0.39 is 0 Å². The van der Waals surface area contributed by atoms with Crippen LogP contribution >= 0.6 is 0 Å². The summed E-state index contributed by atoms with van der Waals surface area (Å²) in [4.78, 5) is 0. The van der Waals surface area contributed by atoms with Crippen molar-refractivity contribution in [2.75, 3.05) is 0 Å². The Morgan fingerprint density at radius 3 is 1.49 bits per heavy atom. The largest absolute Gasteiger partial charge is 0.354 e. The lowest BCUT2D eigenvalue weighted by atomic mass is 9.85. The summed E-state index contributed by atoms with van der Waals surface area (Å²) in [6.45, 7) is 28.6. The minimum atomic E-state index is 0. The average Bonchev–Trinajstić information content (AvgIpc) is 3.54. The van der Waals surface area contributed by atoms with Crippen LogP contribution in [-0.2, 0) is 30.5 Å². The van der Waals surface area contributed by atoms with Gasteiger partial charge in [-0.15, -0.1) is 0 Å². The number of rotatable bonds is 0. The van der Waals surface area contributed by atoms with E-state index in [-0.39, 0.29) is 31.2 Å². The van der Waals surface area contributed by atoms with Gasteiger partial charge in [0.1, 0.15) is 0 Å². The highest BCUT2D eigenvalue weighted by atomic mass is 15.3. The van der Waals surface area contributed by atoms with Crippen molar-refractivity contribution in [3.05, 3.63) is 83.7 Å². The fourth-order valence-electron chi connectivity index (χ4n) is 4.22. The summed E-state index contributed by atoms with van der Waals surface area (Å²) in [6, 6.07) is 8.24. The number of allylic oxidation sites excluding steroid dienone is 4. The summed E-state index contributed by atoms with van der Waals surface area (Å²) in [5, 5.41) is 8.40. The highest BCUT2D eigenvalue weighted by Gasteiger charge is 2.19. The van der Waals surface area contributed by atoms with Gasteiger partial charge in [-0.3, -0.25) is 9.36 Å². The molecule has 0 spiro atoms. The Labute approximate surface area is 254 Å². The Morgan fingerprint density at radius 1 is 0.707 bits per heavy atom. The second-order valence-corrected chi connectivity index (χ2v) is 14.6. The zero-order chi connectivity index (χ0) is 30.2. The highest BCUT2D eigenvalue weighted by Crippen LogP contribution is 2.33. The summed E-state index contributed by atoms with van der Waals surface area (Å²) < 4.78 is 5.94. The van der Waals surface area contributed by atoms with Crippen molar-refractivity contribution >= 4 is 0 Å². The molecule has 5 nitrogen and oxygen atoms in total. The molecule has 1 aliphatic rings. The van der Waals surface area contributed by atoms with Gasteiger partial charge in [0, 0.05) is 55.4 Å². The predicted octanol–water partition coefficient (Wildman–Crippen LogP) is 10.3. The first-order valence-corrected chi connectivity index (χ1v) is 14.1. The summed E-state index contributed by atoms with van der Waals surface area (Å²) in [5.74, 6) is 0. The average molecular weight is 568 g/mol. The van der Waals surface area contributed by atoms with E-state index in [1.54, 1.807) is 6.20 Å². The SMILES string of the molecule is C.C.CC(C)(C)n1cccn1.CC1=C(C(C)(C)C)C=CC1.Cn1ccc(C(C)(C)C)n1.Cn1cccc1C(C)(C)C. The summed E-state index contributed by atoms with van der Waals surface area (Å²) in [7, 11) is 4.02. The van der Waals surface area contributed by atoms with Crippen molar-refractivity contribution in [3.63, 3.8) is 0 Å². The van der Waals surface area contributed by atoms with Crippen molar-refractivity contribution in [1.82, 2.24) is 24.1 Å². The molecule has 0 saturated heterocycles. The van der Waals surface area contributed by atoms with Crippen LogP contribution in [0.2, 0.25) is 0 Å². The van der Waals surface area contributed by atoms with Crippen LogP contribution in [0.4, 0.5) is 0 Å². The third-order valence-electron chi connectivity index (χ3n) is 6.36. The molecule has 0 bridgehead atoms. The first-order chi connectivity index (χ1) is 17.6. The molecule has 0 N–H and O–H groups in total. The van der Waals surface area contributed by atoms with E-state index in [0.29, 0.717) is 5.41 Å². The van der Waals surface area contributed by atoms with Gasteiger partial charge in [-0.1, -0.05) is 94.9 Å². The molecule has 3 aromatic rings. The topological polar surface area (TPSA) is 40.6 Å². The van der Waals surface area contributed by atoms with Crippen LogP contribution < -0.4 is 0 Å². The van der Waals surface area contributed by atoms with Gasteiger partial charge in [-0.25, -0.2) is 0 Å². The fourth-order valence-corrected chi connectivity index (χ4v) is 4.22. The van der Waals surface area contributed by atoms with Crippen LogP contribution in [0.3, 0.4) is 0 Å². The lowest BCUT2D eigenvalue weighted by Gasteiger charge is -2.20. The number of nitrogens with zero attached hydrogens (tertiary/aromatic N) is 5. The fraction of sp³-hybridized carbons (Fsp3) is 0.611. The molecule has 41 heavy (non-hydrogen) atoms. The maximum Gasteiger partial charge on any atom is 0.0677 e. The molecule has 4 rings (SSSR count). The molecule has 0 radical (unpaired) electrons. The Balaban J connectivity index is 0. The number of hydrogen-bond acceptors (Lipinski definition) is 2. The molecule has 0 saturated carbocycles. The van der Waals surface area contributed by atoms with Crippen LogP contribution in [-0.4, -0.2) is 24.1 Å². The molecular weight excluding hydrogens is 502 g/mol. The Hall–Kier alpha value is -2.82. The maximum absolute atomic E-state index is 4.30. The van der Waals surface area contributed by atoms with E-state index in [9.17, 15) is 0 Å². The molecule has 0 atom stereocenters. The van der Waals surface area contributed by atoms with Crippen molar-refractivity contribution in [2.45, 2.75) is 128 Å². The van der Waals surface area contributed by atoms with Gasteiger partial charge in [0.05, 0.1) is 11.2 Å². The van der Waals surface area contributed by atoms with E-state index in [2.05, 4.69) is 148 Å². The monoisotopic (exact) mass is 568 g/mol. The van der Waals surface area contributed by atoms with Gasteiger partial charge < -0.3 is 4.57 Å². The van der Waals surface area contributed by atoms with Crippen LogP contribution in [0.1, 0.15) is 123 Å². The van der Waals surface area contributed by atoms with Crippen molar-refractivity contribution in [1.29, 1.82) is 0 Å². The zero-order valence-electron chi connectivity index (χ0n) is 27.7. The van der Waals surface area contributed by atoms with Crippen LogP contribution in [0.25, 0.3) is 0 Å². The van der Waals surface area contributed by atoms with E-state index in [1.807, 2.05) is 34.9 Å². The van der Waals surface area contributed by atoms with E-state index in [0.717, 1.165) is 12.1 Å². The molecular formula is C36H65N5. The minimum Gasteiger partial charge on any atom is -0.354 e. The molecule has 3 aromatic heterocycles. The van der Waals surface area contributed by atoms with Crippen molar-refractivity contribution < 1.29 is 0 Å². The van der Waals surface area contributed by atoms with E-state index in [4.69, 9.17) is 0 Å². The molecule has 0 unspecified atom stereocenters. The molecule has 1 aliphatic carbocycles. The molecule has 5 heteroatoms. The second kappa shape index (κ2) is 16.0. The van der Waals surface area contributed by atoms with Gasteiger partial charge >= 0.3 is 0 Å². The standard InChI is InChI=1S/C10H16.C9H15N.C8H14N2.C7H12N2.2CH4/c1-8-6-5-7-9(8)10(2,3)4;1-9(2,3)8-6-5-7-10(8)4;1-8(2,3)7-5-6-10(4)9-7;1-7(2,3)9-6-4-5-8-9;;/h5,7H,6H2,1-4H3;5-7H,1-4H3;5-6H,1-4H3;4-6H,1-3H3;2*1H4. The maximum atomic E-state index is 4.30. The summed E-state index contributed by atoms with van der Waals surface area (Å²) in [6.07, 6.45) is 13.5. The molecule has 234 valence electrons. The zero-order valence-corrected chi connectivity index (χ0v) is 27.7. The summed E-state index contributed by atoms with van der Waals surface area (Å²) in [5.41, 5.74) is 6.52. The van der Waals surface area contributed by atoms with Crippen molar-refractivity contribution in [2.24, 2.45) is 19.5 Å². The first-order valence-electron chi connectivity index (χ1n) is 14.1. The molecule has 0 amide bonds. The van der Waals surface area contributed by atoms with Crippen molar-refractivity contribution in [3.8, 4) is 0 Å². The Kier molecular flexibility index (Phi) is 15.7. The predicted molar refractivity (Wildman–Crippen MR) is 183 cm³/mol. The van der Waals surface area contributed by atoms with Gasteiger partial charge in [-0.05, 0) is 69.4 Å². The number of aryl methyl sites for hydroxylation is 2. The third-order valence-corrected chi connectivity index (χ3v) is 6.36. The van der Waals surface area contributed by atoms with Gasteiger partial charge in [0.2, 0.25) is 0 Å². The number of hydrogen-bond donors (Lipinski definition) is 0. The molecule has 0 aromatic carbocycles. The quantitative estimate of drug-likeness (QED) is 0.271. The van der Waals surface area contributed by atoms with E-state index >= 15 is 0 Å². The normalized spacial score (nSPS) is 13.0. The number of aromatic nitrogens is 5. The summed E-state index contributed by atoms with van der Waals surface area (Å²) >= 11 is 0. The molecule has 0 aliphatic heterocycles. The minimum absolute atomic E-state index is 0.